The third kappa shape index (κ3) is 2.98. The van der Waals surface area contributed by atoms with Crippen LogP contribution < -0.4 is 5.32 Å². The molecule has 0 radical (unpaired) electrons. The minimum atomic E-state index is -0.840. The third-order valence-corrected chi connectivity index (χ3v) is 3.48. The van der Waals surface area contributed by atoms with Crippen molar-refractivity contribution in [3.05, 3.63) is 75.8 Å². The largest absolute Gasteiger partial charge is 0.345 e. The second-order valence-corrected chi connectivity index (χ2v) is 5.05. The average Bonchev–Trinajstić information content (AvgIpc) is 2.87. The van der Waals surface area contributed by atoms with E-state index in [1.807, 2.05) is 6.07 Å². The molecule has 0 aliphatic carbocycles. The molecule has 8 nitrogen and oxygen atoms in total. The summed E-state index contributed by atoms with van der Waals surface area (Å²) in [5, 5.41) is 18.0. The third-order valence-electron chi connectivity index (χ3n) is 3.48. The van der Waals surface area contributed by atoms with Gasteiger partial charge < -0.3 is 0 Å². The molecule has 0 aromatic heterocycles. The maximum absolute atomic E-state index is 12.0. The molecule has 1 saturated heterocycles. The fraction of sp³-hybridized carbons (Fsp3) is 0.0625. The van der Waals surface area contributed by atoms with Gasteiger partial charge in [-0.3, -0.25) is 20.2 Å². The van der Waals surface area contributed by atoms with E-state index in [0.29, 0.717) is 11.1 Å². The van der Waals surface area contributed by atoms with Gasteiger partial charge in [-0.05, 0) is 23.3 Å². The van der Waals surface area contributed by atoms with Crippen LogP contribution in [0.2, 0.25) is 0 Å². The summed E-state index contributed by atoms with van der Waals surface area (Å²) in [5.74, 6) is -0.452. The first-order valence-electron chi connectivity index (χ1n) is 7.04. The number of benzene rings is 2. The average molecular weight is 324 g/mol. The van der Waals surface area contributed by atoms with E-state index in [1.54, 1.807) is 24.3 Å². The van der Waals surface area contributed by atoms with Crippen LogP contribution in [0.3, 0.4) is 0 Å². The fourth-order valence-electron chi connectivity index (χ4n) is 2.32. The monoisotopic (exact) mass is 324 g/mol. The first-order valence-corrected chi connectivity index (χ1v) is 7.04. The summed E-state index contributed by atoms with van der Waals surface area (Å²) in [4.78, 5) is 34.1. The van der Waals surface area contributed by atoms with E-state index in [-0.39, 0.29) is 5.69 Å². The van der Waals surface area contributed by atoms with Gasteiger partial charge in [-0.15, -0.1) is 0 Å². The van der Waals surface area contributed by atoms with Crippen LogP contribution in [0, 0.1) is 10.1 Å². The van der Waals surface area contributed by atoms with E-state index in [4.69, 9.17) is 0 Å². The molecule has 24 heavy (non-hydrogen) atoms. The smallest absolute Gasteiger partial charge is 0.274 e. The predicted molar refractivity (Wildman–Crippen MR) is 85.3 cm³/mol. The first kappa shape index (κ1) is 15.3. The van der Waals surface area contributed by atoms with Crippen LogP contribution >= 0.6 is 0 Å². The SMILES string of the molecule is O=C1NC(=O)N(N=Cc2ccc([N+](=O)[O-])cc2)C1c1ccccc1. The zero-order chi connectivity index (χ0) is 17.1. The van der Waals surface area contributed by atoms with Crippen molar-refractivity contribution in [3.63, 3.8) is 0 Å². The number of nitro benzene ring substituents is 1. The van der Waals surface area contributed by atoms with Gasteiger partial charge in [0.2, 0.25) is 0 Å². The Morgan fingerprint density at radius 2 is 1.75 bits per heavy atom. The lowest BCUT2D eigenvalue weighted by Gasteiger charge is -2.16. The van der Waals surface area contributed by atoms with Crippen molar-refractivity contribution in [1.82, 2.24) is 10.3 Å². The molecule has 1 N–H and O–H groups in total. The lowest BCUT2D eigenvalue weighted by atomic mass is 10.1. The number of hydrogen-bond donors (Lipinski definition) is 1. The Bertz CT molecular complexity index is 818. The Labute approximate surface area is 136 Å². The highest BCUT2D eigenvalue weighted by Gasteiger charge is 2.39. The Kier molecular flexibility index (Phi) is 4.02. The highest BCUT2D eigenvalue weighted by molar-refractivity contribution is 6.04. The topological polar surface area (TPSA) is 105 Å². The van der Waals surface area contributed by atoms with Gasteiger partial charge in [0.25, 0.3) is 11.6 Å². The molecule has 1 heterocycles. The lowest BCUT2D eigenvalue weighted by molar-refractivity contribution is -0.384. The summed E-state index contributed by atoms with van der Waals surface area (Å²) < 4.78 is 0. The van der Waals surface area contributed by atoms with Gasteiger partial charge in [0.1, 0.15) is 0 Å². The van der Waals surface area contributed by atoms with Gasteiger partial charge >= 0.3 is 6.03 Å². The second-order valence-electron chi connectivity index (χ2n) is 5.05. The summed E-state index contributed by atoms with van der Waals surface area (Å²) >= 11 is 0. The zero-order valence-corrected chi connectivity index (χ0v) is 12.3. The molecule has 1 atom stereocenters. The molecule has 3 amide bonds. The fourth-order valence-corrected chi connectivity index (χ4v) is 2.32. The standard InChI is InChI=1S/C16H12N4O4/c21-15-14(12-4-2-1-3-5-12)19(16(22)18-15)17-10-11-6-8-13(9-7-11)20(23)24/h1-10,14H,(H,18,21,22). The van der Waals surface area contributed by atoms with Crippen molar-refractivity contribution in [2.75, 3.05) is 0 Å². The number of hydrazone groups is 1. The second kappa shape index (κ2) is 6.29. The predicted octanol–water partition coefficient (Wildman–Crippen LogP) is 2.22. The molecule has 0 bridgehead atoms. The number of nitrogens with one attached hydrogen (secondary N) is 1. The minimum Gasteiger partial charge on any atom is -0.274 e. The Morgan fingerprint density at radius 3 is 2.38 bits per heavy atom. The van der Waals surface area contributed by atoms with Crippen LogP contribution in [0.15, 0.2) is 59.7 Å². The summed E-state index contributed by atoms with van der Waals surface area (Å²) in [6, 6.07) is 13.0. The van der Waals surface area contributed by atoms with Crippen molar-refractivity contribution in [3.8, 4) is 0 Å². The molecule has 1 aliphatic rings. The lowest BCUT2D eigenvalue weighted by Crippen LogP contribution is -2.24. The molecular formula is C16H12N4O4. The van der Waals surface area contributed by atoms with Crippen molar-refractivity contribution >= 4 is 23.8 Å². The Hall–Kier alpha value is -3.55. The molecule has 1 aliphatic heterocycles. The number of imide groups is 1. The van der Waals surface area contributed by atoms with Crippen LogP contribution in [0.25, 0.3) is 0 Å². The van der Waals surface area contributed by atoms with E-state index >= 15 is 0 Å². The maximum Gasteiger partial charge on any atom is 0.345 e. The number of urea groups is 1. The zero-order valence-electron chi connectivity index (χ0n) is 12.3. The number of non-ortho nitro benzene ring substituents is 1. The Balaban J connectivity index is 1.85. The van der Waals surface area contributed by atoms with Crippen LogP contribution in [0.5, 0.6) is 0 Å². The van der Waals surface area contributed by atoms with Gasteiger partial charge in [-0.1, -0.05) is 30.3 Å². The van der Waals surface area contributed by atoms with E-state index in [1.165, 1.54) is 30.5 Å². The number of nitrogens with zero attached hydrogens (tertiary/aromatic N) is 3. The van der Waals surface area contributed by atoms with Crippen molar-refractivity contribution in [2.24, 2.45) is 5.10 Å². The summed E-state index contributed by atoms with van der Waals surface area (Å²) in [7, 11) is 0. The summed E-state index contributed by atoms with van der Waals surface area (Å²) in [6.07, 6.45) is 1.37. The van der Waals surface area contributed by atoms with E-state index in [2.05, 4.69) is 10.4 Å². The van der Waals surface area contributed by atoms with Gasteiger partial charge in [-0.2, -0.15) is 10.1 Å². The summed E-state index contributed by atoms with van der Waals surface area (Å²) in [5.41, 5.74) is 1.17. The number of rotatable bonds is 4. The molecule has 120 valence electrons. The van der Waals surface area contributed by atoms with Crippen molar-refractivity contribution in [2.45, 2.75) is 6.04 Å². The first-order chi connectivity index (χ1) is 11.6. The molecule has 2 aromatic carbocycles. The molecule has 0 saturated carbocycles. The minimum absolute atomic E-state index is 0.0385. The normalized spacial score (nSPS) is 17.3. The maximum atomic E-state index is 12.0. The van der Waals surface area contributed by atoms with Crippen LogP contribution in [0.4, 0.5) is 10.5 Å². The van der Waals surface area contributed by atoms with E-state index in [0.717, 1.165) is 5.01 Å². The van der Waals surface area contributed by atoms with E-state index < -0.39 is 22.9 Å². The van der Waals surface area contributed by atoms with Crippen molar-refractivity contribution in [1.29, 1.82) is 0 Å². The van der Waals surface area contributed by atoms with Crippen LogP contribution in [-0.2, 0) is 4.79 Å². The van der Waals surface area contributed by atoms with Crippen molar-refractivity contribution < 1.29 is 14.5 Å². The molecule has 1 unspecified atom stereocenters. The number of hydrogen-bond acceptors (Lipinski definition) is 5. The van der Waals surface area contributed by atoms with Gasteiger partial charge in [0.05, 0.1) is 11.1 Å². The van der Waals surface area contributed by atoms with Crippen LogP contribution in [0.1, 0.15) is 17.2 Å². The number of carbonyl (C=O) groups is 2. The number of amides is 3. The molecule has 0 spiro atoms. The highest BCUT2D eigenvalue weighted by atomic mass is 16.6. The Morgan fingerprint density at radius 1 is 1.08 bits per heavy atom. The molecule has 3 rings (SSSR count). The molecular weight excluding hydrogens is 312 g/mol. The number of nitro groups is 1. The van der Waals surface area contributed by atoms with Crippen LogP contribution in [-0.4, -0.2) is 28.1 Å². The quantitative estimate of drug-likeness (QED) is 0.403. The molecule has 8 heteroatoms. The van der Waals surface area contributed by atoms with E-state index in [9.17, 15) is 19.7 Å². The molecule has 1 fully saturated rings. The van der Waals surface area contributed by atoms with Gasteiger partial charge in [0.15, 0.2) is 6.04 Å². The summed E-state index contributed by atoms with van der Waals surface area (Å²) in [6.45, 7) is 0. The highest BCUT2D eigenvalue weighted by Crippen LogP contribution is 2.25. The van der Waals surface area contributed by atoms with Gasteiger partial charge in [0, 0.05) is 12.1 Å². The van der Waals surface area contributed by atoms with Gasteiger partial charge in [-0.25, -0.2) is 4.79 Å². The number of carbonyl (C=O) groups excluding carboxylic acids is 2. The molecule has 2 aromatic rings.